The fourth-order valence-electron chi connectivity index (χ4n) is 1.87. The second kappa shape index (κ2) is 6.83. The summed E-state index contributed by atoms with van der Waals surface area (Å²) in [7, 11) is 0. The molecule has 1 fully saturated rings. The van der Waals surface area contributed by atoms with Gasteiger partial charge in [0.2, 0.25) is 5.91 Å². The molecule has 0 aromatic carbocycles. The van der Waals surface area contributed by atoms with Crippen molar-refractivity contribution in [2.75, 3.05) is 32.8 Å². The molecule has 1 saturated heterocycles. The Morgan fingerprint density at radius 3 is 3.06 bits per heavy atom. The Morgan fingerprint density at radius 1 is 1.69 bits per heavy atom. The van der Waals surface area contributed by atoms with Gasteiger partial charge in [-0.2, -0.15) is 0 Å². The molecule has 5 nitrogen and oxygen atoms in total. The standard InChI is InChI=1S/C11H22N2O3/c1-3-12-9(2)6-11(15)13-4-5-16-10(7-13)8-14/h9-10,12,14H,3-8H2,1-2H3. The number of aliphatic hydroxyl groups is 1. The Bertz CT molecular complexity index is 223. The van der Waals surface area contributed by atoms with Crippen molar-refractivity contribution in [2.24, 2.45) is 0 Å². The fraction of sp³-hybridized carbons (Fsp3) is 0.909. The van der Waals surface area contributed by atoms with Crippen LogP contribution in [-0.2, 0) is 9.53 Å². The van der Waals surface area contributed by atoms with Crippen molar-refractivity contribution in [3.63, 3.8) is 0 Å². The molecular weight excluding hydrogens is 208 g/mol. The van der Waals surface area contributed by atoms with Crippen LogP contribution in [0.25, 0.3) is 0 Å². The first kappa shape index (κ1) is 13.4. The molecule has 5 heteroatoms. The maximum Gasteiger partial charge on any atom is 0.224 e. The van der Waals surface area contributed by atoms with Crippen molar-refractivity contribution in [1.29, 1.82) is 0 Å². The third kappa shape index (κ3) is 4.08. The van der Waals surface area contributed by atoms with Crippen LogP contribution < -0.4 is 5.32 Å². The van der Waals surface area contributed by atoms with Crippen LogP contribution in [0.3, 0.4) is 0 Å². The number of nitrogens with zero attached hydrogens (tertiary/aromatic N) is 1. The first-order chi connectivity index (χ1) is 7.67. The zero-order valence-corrected chi connectivity index (χ0v) is 10.1. The highest BCUT2D eigenvalue weighted by Crippen LogP contribution is 2.07. The molecule has 0 bridgehead atoms. The number of hydrogen-bond donors (Lipinski definition) is 2. The van der Waals surface area contributed by atoms with Gasteiger partial charge in [-0.1, -0.05) is 6.92 Å². The predicted molar refractivity (Wildman–Crippen MR) is 61.2 cm³/mol. The van der Waals surface area contributed by atoms with Gasteiger partial charge in [0.25, 0.3) is 0 Å². The normalized spacial score (nSPS) is 23.2. The molecule has 1 aliphatic heterocycles. The van der Waals surface area contributed by atoms with E-state index in [1.54, 1.807) is 4.90 Å². The smallest absolute Gasteiger partial charge is 0.224 e. The number of morpholine rings is 1. The average molecular weight is 230 g/mol. The second-order valence-electron chi connectivity index (χ2n) is 4.18. The van der Waals surface area contributed by atoms with Gasteiger partial charge in [0.1, 0.15) is 0 Å². The summed E-state index contributed by atoms with van der Waals surface area (Å²) in [4.78, 5) is 13.7. The van der Waals surface area contributed by atoms with Crippen molar-refractivity contribution in [2.45, 2.75) is 32.4 Å². The lowest BCUT2D eigenvalue weighted by atomic mass is 10.2. The lowest BCUT2D eigenvalue weighted by molar-refractivity contribution is -0.140. The summed E-state index contributed by atoms with van der Waals surface area (Å²) >= 11 is 0. The Hall–Kier alpha value is -0.650. The van der Waals surface area contributed by atoms with E-state index in [2.05, 4.69) is 5.32 Å². The number of rotatable bonds is 5. The molecule has 2 N–H and O–H groups in total. The van der Waals surface area contributed by atoms with Crippen molar-refractivity contribution in [3.05, 3.63) is 0 Å². The van der Waals surface area contributed by atoms with Crippen LogP contribution in [0.1, 0.15) is 20.3 Å². The topological polar surface area (TPSA) is 61.8 Å². The van der Waals surface area contributed by atoms with Gasteiger partial charge in [-0.25, -0.2) is 0 Å². The van der Waals surface area contributed by atoms with Crippen molar-refractivity contribution in [3.8, 4) is 0 Å². The zero-order valence-electron chi connectivity index (χ0n) is 10.1. The molecule has 0 aromatic rings. The molecule has 1 amide bonds. The minimum atomic E-state index is -0.216. The molecule has 0 radical (unpaired) electrons. The van der Waals surface area contributed by atoms with E-state index in [4.69, 9.17) is 9.84 Å². The van der Waals surface area contributed by atoms with Crippen LogP contribution in [0.4, 0.5) is 0 Å². The highest BCUT2D eigenvalue weighted by atomic mass is 16.5. The molecule has 0 aliphatic carbocycles. The van der Waals surface area contributed by atoms with E-state index >= 15 is 0 Å². The first-order valence-corrected chi connectivity index (χ1v) is 5.91. The summed E-state index contributed by atoms with van der Waals surface area (Å²) in [5.74, 6) is 0.134. The van der Waals surface area contributed by atoms with Crippen molar-refractivity contribution < 1.29 is 14.6 Å². The minimum absolute atomic E-state index is 0.0213. The molecule has 0 aromatic heterocycles. The predicted octanol–water partition coefficient (Wildman–Crippen LogP) is -0.406. The summed E-state index contributed by atoms with van der Waals surface area (Å²) in [6.45, 7) is 6.54. The summed E-state index contributed by atoms with van der Waals surface area (Å²) in [5.41, 5.74) is 0. The van der Waals surface area contributed by atoms with Crippen LogP contribution in [0, 0.1) is 0 Å². The van der Waals surface area contributed by atoms with E-state index < -0.39 is 0 Å². The number of aliphatic hydroxyl groups excluding tert-OH is 1. The Balaban J connectivity index is 2.35. The lowest BCUT2D eigenvalue weighted by Crippen LogP contribution is -2.48. The van der Waals surface area contributed by atoms with Gasteiger partial charge in [-0.15, -0.1) is 0 Å². The van der Waals surface area contributed by atoms with E-state index in [0.717, 1.165) is 6.54 Å². The highest BCUT2D eigenvalue weighted by molar-refractivity contribution is 5.76. The number of nitrogens with one attached hydrogen (secondary N) is 1. The average Bonchev–Trinajstić information content (AvgIpc) is 2.29. The first-order valence-electron chi connectivity index (χ1n) is 5.91. The van der Waals surface area contributed by atoms with E-state index in [0.29, 0.717) is 26.1 Å². The Kier molecular flexibility index (Phi) is 5.73. The molecule has 94 valence electrons. The number of hydrogen-bond acceptors (Lipinski definition) is 4. The third-order valence-corrected chi connectivity index (χ3v) is 2.73. The zero-order chi connectivity index (χ0) is 12.0. The molecular formula is C11H22N2O3. The fourth-order valence-corrected chi connectivity index (χ4v) is 1.87. The van der Waals surface area contributed by atoms with Gasteiger partial charge < -0.3 is 20.1 Å². The monoisotopic (exact) mass is 230 g/mol. The van der Waals surface area contributed by atoms with Gasteiger partial charge in [-0.3, -0.25) is 4.79 Å². The number of amides is 1. The molecule has 1 rings (SSSR count). The maximum absolute atomic E-state index is 11.9. The Morgan fingerprint density at radius 2 is 2.44 bits per heavy atom. The minimum Gasteiger partial charge on any atom is -0.394 e. The van der Waals surface area contributed by atoms with E-state index in [1.165, 1.54) is 0 Å². The number of carbonyl (C=O) groups excluding carboxylic acids is 1. The highest BCUT2D eigenvalue weighted by Gasteiger charge is 2.24. The van der Waals surface area contributed by atoms with Gasteiger partial charge in [-0.05, 0) is 13.5 Å². The van der Waals surface area contributed by atoms with Crippen LogP contribution in [-0.4, -0.2) is 60.9 Å². The lowest BCUT2D eigenvalue weighted by Gasteiger charge is -2.32. The molecule has 2 atom stereocenters. The van der Waals surface area contributed by atoms with E-state index in [9.17, 15) is 4.79 Å². The number of ether oxygens (including phenoxy) is 1. The largest absolute Gasteiger partial charge is 0.394 e. The van der Waals surface area contributed by atoms with Gasteiger partial charge in [0, 0.05) is 25.6 Å². The van der Waals surface area contributed by atoms with Crippen molar-refractivity contribution >= 4 is 5.91 Å². The molecule has 2 unspecified atom stereocenters. The molecule has 0 saturated carbocycles. The maximum atomic E-state index is 11.9. The number of carbonyl (C=O) groups is 1. The van der Waals surface area contributed by atoms with Gasteiger partial charge in [0.15, 0.2) is 0 Å². The van der Waals surface area contributed by atoms with Crippen LogP contribution in [0.15, 0.2) is 0 Å². The summed E-state index contributed by atoms with van der Waals surface area (Å²) < 4.78 is 5.30. The Labute approximate surface area is 96.8 Å². The third-order valence-electron chi connectivity index (χ3n) is 2.73. The molecule has 1 heterocycles. The van der Waals surface area contributed by atoms with Crippen LogP contribution in [0.5, 0.6) is 0 Å². The molecule has 1 aliphatic rings. The SMILES string of the molecule is CCNC(C)CC(=O)N1CCOC(CO)C1. The molecule has 0 spiro atoms. The van der Waals surface area contributed by atoms with Crippen molar-refractivity contribution in [1.82, 2.24) is 10.2 Å². The van der Waals surface area contributed by atoms with Crippen LogP contribution in [0.2, 0.25) is 0 Å². The van der Waals surface area contributed by atoms with E-state index in [-0.39, 0.29) is 24.7 Å². The van der Waals surface area contributed by atoms with Crippen LogP contribution >= 0.6 is 0 Å². The molecule has 16 heavy (non-hydrogen) atoms. The van der Waals surface area contributed by atoms with Gasteiger partial charge >= 0.3 is 0 Å². The summed E-state index contributed by atoms with van der Waals surface area (Å²) in [6.07, 6.45) is 0.290. The quantitative estimate of drug-likeness (QED) is 0.674. The van der Waals surface area contributed by atoms with Gasteiger partial charge in [0.05, 0.1) is 19.3 Å². The summed E-state index contributed by atoms with van der Waals surface area (Å²) in [5, 5.41) is 12.2. The summed E-state index contributed by atoms with van der Waals surface area (Å²) in [6, 6.07) is 0.202. The van der Waals surface area contributed by atoms with E-state index in [1.807, 2.05) is 13.8 Å². The second-order valence-corrected chi connectivity index (χ2v) is 4.18.